The number of amides is 3. The maximum atomic E-state index is 14.9. The molecule has 0 saturated heterocycles. The molecule has 10 heteroatoms. The maximum Gasteiger partial charge on any atom is 0.267 e. The molecule has 5 aromatic rings. The summed E-state index contributed by atoms with van der Waals surface area (Å²) in [6.07, 6.45) is 1.49. The Kier molecular flexibility index (Phi) is 9.39. The van der Waals surface area contributed by atoms with Gasteiger partial charge in [-0.1, -0.05) is 83.9 Å². The van der Waals surface area contributed by atoms with Crippen LogP contribution in [0.1, 0.15) is 32.6 Å². The highest BCUT2D eigenvalue weighted by atomic mass is 32.2. The normalized spacial score (nSPS) is 12.8. The molecule has 0 aliphatic carbocycles. The first-order valence-corrected chi connectivity index (χ1v) is 16.3. The number of primary amides is 1. The van der Waals surface area contributed by atoms with Gasteiger partial charge >= 0.3 is 0 Å². The number of para-hydroxylation sites is 1. The number of benzene rings is 4. The molecular weight excluding hydrogens is 600 g/mol. The predicted molar refractivity (Wildman–Crippen MR) is 177 cm³/mol. The Morgan fingerprint density at radius 1 is 0.783 bits per heavy atom. The van der Waals surface area contributed by atoms with Crippen molar-refractivity contribution in [2.24, 2.45) is 5.73 Å². The third-order valence-corrected chi connectivity index (χ3v) is 9.85. The molecule has 0 fully saturated rings. The molecule has 0 spiro atoms. The number of nitrogens with zero attached hydrogens (tertiary/aromatic N) is 2. The zero-order valence-corrected chi connectivity index (χ0v) is 26.7. The Labute approximate surface area is 268 Å². The van der Waals surface area contributed by atoms with E-state index in [4.69, 9.17) is 5.73 Å². The second-order valence-electron chi connectivity index (χ2n) is 11.4. The quantitative estimate of drug-likeness (QED) is 0.215. The summed E-state index contributed by atoms with van der Waals surface area (Å²) in [6, 6.07) is 26.3. The summed E-state index contributed by atoms with van der Waals surface area (Å²) < 4.78 is 29.4. The minimum absolute atomic E-state index is 0.00785. The van der Waals surface area contributed by atoms with Crippen molar-refractivity contribution in [1.82, 2.24) is 14.2 Å². The molecule has 3 N–H and O–H groups in total. The van der Waals surface area contributed by atoms with Crippen molar-refractivity contribution in [2.45, 2.75) is 43.7 Å². The van der Waals surface area contributed by atoms with E-state index in [0.29, 0.717) is 21.0 Å². The molecule has 9 nitrogen and oxygen atoms in total. The van der Waals surface area contributed by atoms with E-state index in [-0.39, 0.29) is 17.7 Å². The summed E-state index contributed by atoms with van der Waals surface area (Å²) in [7, 11) is -3.17. The molecule has 0 radical (unpaired) electrons. The first kappa shape index (κ1) is 32.2. The zero-order chi connectivity index (χ0) is 33.0. The minimum atomic E-state index is -4.64. The van der Waals surface area contributed by atoms with Crippen LogP contribution in [0, 0.1) is 13.8 Å². The lowest BCUT2D eigenvalue weighted by Gasteiger charge is -2.35. The van der Waals surface area contributed by atoms with Crippen LogP contribution in [0.2, 0.25) is 0 Å². The fourth-order valence-corrected chi connectivity index (χ4v) is 7.37. The van der Waals surface area contributed by atoms with Gasteiger partial charge in [0.25, 0.3) is 21.8 Å². The van der Waals surface area contributed by atoms with Crippen LogP contribution in [-0.4, -0.2) is 59.5 Å². The van der Waals surface area contributed by atoms with Crippen LogP contribution in [0.25, 0.3) is 10.9 Å². The lowest BCUT2D eigenvalue weighted by molar-refractivity contribution is -0.137. The molecular formula is C36H36N4O5S. The molecule has 4 aromatic carbocycles. The van der Waals surface area contributed by atoms with Crippen molar-refractivity contribution in [2.75, 3.05) is 7.05 Å². The van der Waals surface area contributed by atoms with Crippen molar-refractivity contribution in [3.05, 3.63) is 137 Å². The lowest BCUT2D eigenvalue weighted by atomic mass is 10.00. The van der Waals surface area contributed by atoms with Gasteiger partial charge in [0.1, 0.15) is 12.1 Å². The Hall–Kier alpha value is -5.22. The second kappa shape index (κ2) is 13.4. The number of carbonyl (C=O) groups excluding carboxylic acids is 3. The summed E-state index contributed by atoms with van der Waals surface area (Å²) in [6.45, 7) is 3.74. The molecule has 236 valence electrons. The minimum Gasteiger partial charge on any atom is -0.368 e. The smallest absolute Gasteiger partial charge is 0.267 e. The molecule has 46 heavy (non-hydrogen) atoms. The van der Waals surface area contributed by atoms with Crippen molar-refractivity contribution in [3.63, 3.8) is 0 Å². The first-order chi connectivity index (χ1) is 22.0. The Morgan fingerprint density at radius 3 is 2.00 bits per heavy atom. The highest BCUT2D eigenvalue weighted by Crippen LogP contribution is 2.27. The van der Waals surface area contributed by atoms with E-state index in [1.165, 1.54) is 36.2 Å². The summed E-state index contributed by atoms with van der Waals surface area (Å²) in [5.74, 6) is -2.41. The van der Waals surface area contributed by atoms with E-state index in [1.54, 1.807) is 48.7 Å². The second-order valence-corrected chi connectivity index (χ2v) is 13.2. The van der Waals surface area contributed by atoms with Crippen molar-refractivity contribution in [3.8, 4) is 0 Å². The number of aromatic amines is 1. The van der Waals surface area contributed by atoms with Crippen LogP contribution < -0.4 is 5.73 Å². The van der Waals surface area contributed by atoms with Gasteiger partial charge in [-0.25, -0.2) is 12.7 Å². The number of aromatic nitrogens is 1. The van der Waals surface area contributed by atoms with E-state index in [1.807, 2.05) is 50.2 Å². The van der Waals surface area contributed by atoms with Gasteiger partial charge < -0.3 is 15.6 Å². The van der Waals surface area contributed by atoms with Gasteiger partial charge in [-0.2, -0.15) is 0 Å². The summed E-state index contributed by atoms with van der Waals surface area (Å²) in [4.78, 5) is 46.2. The van der Waals surface area contributed by atoms with Gasteiger partial charge in [0, 0.05) is 42.6 Å². The Balaban J connectivity index is 1.65. The highest BCUT2D eigenvalue weighted by molar-refractivity contribution is 7.89. The SMILES string of the molecule is Cc1cc(C)cc(C(=O)N(C)[C@@H](Cc2ccccc2)C(=O)N([C@@H](Cc2c[nH]c3ccccc23)C(N)=O)S(=O)(=O)c2ccccc2)c1. The number of nitrogens with two attached hydrogens (primary N) is 1. The fourth-order valence-electron chi connectivity index (χ4n) is 5.77. The highest BCUT2D eigenvalue weighted by Gasteiger charge is 2.44. The van der Waals surface area contributed by atoms with Gasteiger partial charge in [0.15, 0.2) is 0 Å². The number of H-pyrrole nitrogens is 1. The van der Waals surface area contributed by atoms with Crippen LogP contribution in [-0.2, 0) is 32.5 Å². The van der Waals surface area contributed by atoms with Crippen molar-refractivity contribution in [1.29, 1.82) is 0 Å². The third-order valence-electron chi connectivity index (χ3n) is 8.03. The van der Waals surface area contributed by atoms with Gasteiger partial charge in [-0.3, -0.25) is 14.4 Å². The monoisotopic (exact) mass is 636 g/mol. The number of hydrogen-bond acceptors (Lipinski definition) is 5. The largest absolute Gasteiger partial charge is 0.368 e. The molecule has 2 atom stereocenters. The number of likely N-dealkylation sites (N-methyl/N-ethyl adjacent to an activating group) is 1. The van der Waals surface area contributed by atoms with Crippen LogP contribution in [0.3, 0.4) is 0 Å². The molecule has 0 bridgehead atoms. The van der Waals surface area contributed by atoms with Gasteiger partial charge in [0.2, 0.25) is 5.91 Å². The topological polar surface area (TPSA) is 134 Å². The van der Waals surface area contributed by atoms with Gasteiger partial charge in [0.05, 0.1) is 4.90 Å². The van der Waals surface area contributed by atoms with Crippen LogP contribution in [0.15, 0.2) is 114 Å². The van der Waals surface area contributed by atoms with Crippen molar-refractivity contribution >= 4 is 38.6 Å². The average Bonchev–Trinajstić information content (AvgIpc) is 3.45. The van der Waals surface area contributed by atoms with Gasteiger partial charge in [-0.05, 0) is 55.3 Å². The van der Waals surface area contributed by atoms with Crippen molar-refractivity contribution < 1.29 is 22.8 Å². The van der Waals surface area contributed by atoms with E-state index in [2.05, 4.69) is 4.98 Å². The lowest BCUT2D eigenvalue weighted by Crippen LogP contribution is -2.58. The van der Waals surface area contributed by atoms with E-state index < -0.39 is 39.8 Å². The van der Waals surface area contributed by atoms with E-state index in [0.717, 1.165) is 22.0 Å². The number of nitrogens with one attached hydrogen (secondary N) is 1. The van der Waals surface area contributed by atoms with Gasteiger partial charge in [-0.15, -0.1) is 0 Å². The summed E-state index contributed by atoms with van der Waals surface area (Å²) in [5.41, 5.74) is 10.1. The number of aryl methyl sites for hydroxylation is 2. The van der Waals surface area contributed by atoms with E-state index >= 15 is 0 Å². The number of rotatable bonds is 11. The molecule has 3 amide bonds. The molecule has 1 aromatic heterocycles. The van der Waals surface area contributed by atoms with Crippen LogP contribution >= 0.6 is 0 Å². The summed E-state index contributed by atoms with van der Waals surface area (Å²) in [5, 5.41) is 0.765. The number of carbonyl (C=O) groups is 3. The molecule has 0 aliphatic rings. The molecule has 0 unspecified atom stereocenters. The molecule has 0 saturated carbocycles. The summed E-state index contributed by atoms with van der Waals surface area (Å²) >= 11 is 0. The molecule has 1 heterocycles. The Morgan fingerprint density at radius 2 is 1.37 bits per heavy atom. The maximum absolute atomic E-state index is 14.9. The number of sulfonamides is 1. The van der Waals surface area contributed by atoms with Crippen LogP contribution in [0.5, 0.6) is 0 Å². The fraction of sp³-hybridized carbons (Fsp3) is 0.194. The molecule has 0 aliphatic heterocycles. The first-order valence-electron chi connectivity index (χ1n) is 14.8. The van der Waals surface area contributed by atoms with Crippen LogP contribution in [0.4, 0.5) is 0 Å². The predicted octanol–water partition coefficient (Wildman–Crippen LogP) is 4.78. The third kappa shape index (κ3) is 6.72. The van der Waals surface area contributed by atoms with E-state index in [9.17, 15) is 22.8 Å². The Bertz CT molecular complexity index is 1970. The zero-order valence-electron chi connectivity index (χ0n) is 25.9. The standard InChI is InChI=1S/C36H36N4O5S/c1-24-18-25(2)20-27(19-24)35(42)39(3)33(21-26-12-6-4-7-13-26)36(43)40(46(44,45)29-14-8-5-9-15-29)32(34(37)41)22-28-23-38-31-17-11-10-16-30(28)31/h4-20,23,32-33,38H,21-22H2,1-3H3,(H2,37,41)/t32-,33-/m0/s1. The number of hydrogen-bond donors (Lipinski definition) is 2. The molecule has 5 rings (SSSR count). The number of fused-ring (bicyclic) bond motifs is 1. The average molecular weight is 637 g/mol.